The second-order valence-electron chi connectivity index (χ2n) is 11.1. The van der Waals surface area contributed by atoms with E-state index in [1.807, 2.05) is 44.2 Å². The van der Waals surface area contributed by atoms with Gasteiger partial charge in [0.05, 0.1) is 0 Å². The number of nitrogens with zero attached hydrogens (tertiary/aromatic N) is 2. The predicted molar refractivity (Wildman–Crippen MR) is 166 cm³/mol. The van der Waals surface area contributed by atoms with E-state index in [0.717, 1.165) is 27.6 Å². The van der Waals surface area contributed by atoms with Crippen LogP contribution in [-0.2, 0) is 25.6 Å². The number of rotatable bonds is 13. The van der Waals surface area contributed by atoms with Crippen molar-refractivity contribution in [2.24, 2.45) is 22.4 Å². The van der Waals surface area contributed by atoms with Crippen molar-refractivity contribution in [1.82, 2.24) is 20.5 Å². The fourth-order valence-electron chi connectivity index (χ4n) is 5.43. The molecule has 12 heteroatoms. The van der Waals surface area contributed by atoms with Gasteiger partial charge < -0.3 is 37.1 Å². The van der Waals surface area contributed by atoms with E-state index in [1.165, 1.54) is 11.0 Å². The Balaban J connectivity index is 1.83. The van der Waals surface area contributed by atoms with Gasteiger partial charge in [-0.25, -0.2) is 4.79 Å². The van der Waals surface area contributed by atoms with Gasteiger partial charge in [-0.15, -0.1) is 0 Å². The molecule has 1 aliphatic heterocycles. The fourth-order valence-corrected chi connectivity index (χ4v) is 5.43. The van der Waals surface area contributed by atoms with Crippen molar-refractivity contribution in [3.63, 3.8) is 0 Å². The van der Waals surface area contributed by atoms with Crippen LogP contribution < -0.4 is 22.1 Å². The quantitative estimate of drug-likeness (QED) is 0.0671. The van der Waals surface area contributed by atoms with E-state index in [1.54, 1.807) is 20.0 Å². The first kappa shape index (κ1) is 32.9. The fraction of sp³-hybridized carbons (Fsp3) is 0.452. The molecule has 1 saturated heterocycles. The highest BCUT2D eigenvalue weighted by molar-refractivity contribution is 5.97. The Labute approximate surface area is 251 Å². The number of nitrogens with two attached hydrogens (primary N) is 2. The smallest absolute Gasteiger partial charge is 0.326 e. The van der Waals surface area contributed by atoms with Crippen LogP contribution in [0.1, 0.15) is 52.5 Å². The minimum atomic E-state index is -1.21. The number of unbranched alkanes of at least 4 members (excludes halogenated alkanes) is 1. The summed E-state index contributed by atoms with van der Waals surface area (Å²) in [5.41, 5.74) is 14.1. The molecule has 0 saturated carbocycles. The largest absolute Gasteiger partial charge is 0.480 e. The van der Waals surface area contributed by atoms with Crippen molar-refractivity contribution in [1.29, 1.82) is 0 Å². The lowest BCUT2D eigenvalue weighted by Gasteiger charge is -2.30. The molecule has 8 N–H and O–H groups in total. The number of carbonyl (C=O) groups is 4. The molecule has 1 fully saturated rings. The number of para-hydroxylation sites is 1. The van der Waals surface area contributed by atoms with Crippen LogP contribution in [-0.4, -0.2) is 75.9 Å². The summed E-state index contributed by atoms with van der Waals surface area (Å²) in [6, 6.07) is 4.46. The van der Waals surface area contributed by atoms with Crippen LogP contribution in [0, 0.1) is 5.92 Å². The number of fused-ring (bicyclic) bond motifs is 1. The summed E-state index contributed by atoms with van der Waals surface area (Å²) in [6.45, 7) is 7.81. The van der Waals surface area contributed by atoms with Gasteiger partial charge >= 0.3 is 5.97 Å². The normalized spacial score (nSPS) is 18.6. The molecule has 3 amide bonds. The standard InChI is InChI=1S/C31H43N7O5/c1-5-20-17-38(29(41)24(36-26(39)14-18(2)3)12-8-9-13-34-31(32)33)27(19(20)4)28(40)37-25(30(42)43)15-21-16-35-23-11-7-6-10-22(21)23/h5-7,10-11,14,16,19,24-25,27,35H,8-9,12-13,15,17H2,1-4H3,(H,36,39)(H,37,40)(H,42,43)(H4,32,33,34)/b20-5-/t19-,24+,25+,27+/m1/s1. The lowest BCUT2D eigenvalue weighted by atomic mass is 9.96. The zero-order valence-electron chi connectivity index (χ0n) is 25.2. The number of carbonyl (C=O) groups excluding carboxylic acids is 3. The summed E-state index contributed by atoms with van der Waals surface area (Å²) in [5.74, 6) is -2.94. The van der Waals surface area contributed by atoms with Crippen LogP contribution in [0.15, 0.2) is 58.8 Å². The average Bonchev–Trinajstić information content (AvgIpc) is 3.51. The van der Waals surface area contributed by atoms with E-state index in [-0.39, 0.29) is 24.8 Å². The molecule has 0 bridgehead atoms. The van der Waals surface area contributed by atoms with Crippen LogP contribution in [0.5, 0.6) is 0 Å². The van der Waals surface area contributed by atoms with Gasteiger partial charge in [0.1, 0.15) is 18.1 Å². The van der Waals surface area contributed by atoms with Crippen molar-refractivity contribution in [3.05, 3.63) is 59.3 Å². The highest BCUT2D eigenvalue weighted by atomic mass is 16.4. The van der Waals surface area contributed by atoms with Gasteiger partial charge in [-0.05, 0) is 57.2 Å². The Morgan fingerprint density at radius 3 is 2.51 bits per heavy atom. The number of likely N-dealkylation sites (tertiary alicyclic amines) is 1. The number of allylic oxidation sites excluding steroid dienone is 2. The molecule has 0 aliphatic carbocycles. The van der Waals surface area contributed by atoms with Crippen LogP contribution >= 0.6 is 0 Å². The summed E-state index contributed by atoms with van der Waals surface area (Å²) in [5, 5.41) is 16.4. The molecule has 12 nitrogen and oxygen atoms in total. The molecular weight excluding hydrogens is 550 g/mol. The van der Waals surface area contributed by atoms with Crippen molar-refractivity contribution in [3.8, 4) is 0 Å². The number of benzene rings is 1. The second kappa shape index (κ2) is 15.0. The number of amides is 3. The van der Waals surface area contributed by atoms with Crippen molar-refractivity contribution in [2.75, 3.05) is 13.1 Å². The number of aliphatic imine (C=N–C) groups is 1. The Kier molecular flexibility index (Phi) is 11.5. The maximum atomic E-state index is 14.0. The van der Waals surface area contributed by atoms with Crippen molar-refractivity contribution < 1.29 is 24.3 Å². The minimum absolute atomic E-state index is 0.0207. The van der Waals surface area contributed by atoms with Crippen molar-refractivity contribution in [2.45, 2.75) is 71.5 Å². The zero-order chi connectivity index (χ0) is 31.7. The first-order valence-electron chi connectivity index (χ1n) is 14.5. The average molecular weight is 594 g/mol. The summed E-state index contributed by atoms with van der Waals surface area (Å²) in [4.78, 5) is 61.2. The first-order valence-corrected chi connectivity index (χ1v) is 14.5. The maximum absolute atomic E-state index is 14.0. The molecule has 2 aromatic rings. The third-order valence-electron chi connectivity index (χ3n) is 7.61. The highest BCUT2D eigenvalue weighted by Crippen LogP contribution is 2.31. The van der Waals surface area contributed by atoms with E-state index in [0.29, 0.717) is 25.8 Å². The number of aliphatic carboxylic acids is 1. The second-order valence-corrected chi connectivity index (χ2v) is 11.1. The number of carboxylic acids is 1. The number of H-pyrrole nitrogens is 1. The Morgan fingerprint density at radius 2 is 1.86 bits per heavy atom. The molecular formula is C31H43N7O5. The zero-order valence-corrected chi connectivity index (χ0v) is 25.2. The van der Waals surface area contributed by atoms with Crippen LogP contribution in [0.25, 0.3) is 10.9 Å². The SMILES string of the molecule is C/C=C1/CN(C(=O)[C@H](CCCCN=C(N)N)NC(=O)C=C(C)C)[C@H](C(=O)N[C@@H](Cc2c[nH]c3ccccc23)C(=O)O)[C@@H]1C. The van der Waals surface area contributed by atoms with Gasteiger partial charge in [-0.2, -0.15) is 0 Å². The van der Waals surface area contributed by atoms with Gasteiger partial charge in [0, 0.05) is 48.6 Å². The molecule has 1 aromatic heterocycles. The molecule has 4 atom stereocenters. The van der Waals surface area contributed by atoms with Crippen LogP contribution in [0.4, 0.5) is 0 Å². The molecule has 3 rings (SSSR count). The van der Waals surface area contributed by atoms with Gasteiger partial charge in [0.15, 0.2) is 5.96 Å². The molecule has 0 unspecified atom stereocenters. The Hall–Kier alpha value is -4.61. The Bertz CT molecular complexity index is 1420. The molecule has 43 heavy (non-hydrogen) atoms. The summed E-state index contributed by atoms with van der Waals surface area (Å²) in [6.07, 6.45) is 6.53. The molecule has 1 aliphatic rings. The molecule has 1 aromatic carbocycles. The summed E-state index contributed by atoms with van der Waals surface area (Å²) >= 11 is 0. The van der Waals surface area contributed by atoms with E-state index in [2.05, 4.69) is 20.6 Å². The monoisotopic (exact) mass is 593 g/mol. The number of nitrogens with one attached hydrogen (secondary N) is 3. The Morgan fingerprint density at radius 1 is 1.14 bits per heavy atom. The van der Waals surface area contributed by atoms with Gasteiger partial charge in [0.25, 0.3) is 0 Å². The van der Waals surface area contributed by atoms with E-state index >= 15 is 0 Å². The first-order chi connectivity index (χ1) is 20.4. The van der Waals surface area contributed by atoms with Gasteiger partial charge in [-0.1, -0.05) is 36.8 Å². The van der Waals surface area contributed by atoms with Crippen LogP contribution in [0.2, 0.25) is 0 Å². The highest BCUT2D eigenvalue weighted by Gasteiger charge is 2.44. The van der Waals surface area contributed by atoms with Crippen molar-refractivity contribution >= 4 is 40.6 Å². The van der Waals surface area contributed by atoms with E-state index < -0.39 is 41.8 Å². The molecule has 232 valence electrons. The molecule has 0 radical (unpaired) electrons. The topological polar surface area (TPSA) is 196 Å². The third kappa shape index (κ3) is 8.69. The summed E-state index contributed by atoms with van der Waals surface area (Å²) in [7, 11) is 0. The third-order valence-corrected chi connectivity index (χ3v) is 7.61. The van der Waals surface area contributed by atoms with Crippen LogP contribution in [0.3, 0.4) is 0 Å². The number of aromatic nitrogens is 1. The number of aromatic amines is 1. The molecule has 0 spiro atoms. The van der Waals surface area contributed by atoms with E-state index in [4.69, 9.17) is 11.5 Å². The summed E-state index contributed by atoms with van der Waals surface area (Å²) < 4.78 is 0. The minimum Gasteiger partial charge on any atom is -0.480 e. The number of guanidine groups is 1. The van der Waals surface area contributed by atoms with Gasteiger partial charge in [-0.3, -0.25) is 19.4 Å². The predicted octanol–water partition coefficient (Wildman–Crippen LogP) is 1.97. The number of carboxylic acid groups (broad SMARTS) is 1. The van der Waals surface area contributed by atoms with E-state index in [9.17, 15) is 24.3 Å². The number of hydrogen-bond donors (Lipinski definition) is 6. The van der Waals surface area contributed by atoms with Gasteiger partial charge in [0.2, 0.25) is 17.7 Å². The number of hydrogen-bond acceptors (Lipinski definition) is 5. The maximum Gasteiger partial charge on any atom is 0.326 e. The molecule has 2 heterocycles. The lowest BCUT2D eigenvalue weighted by molar-refractivity contribution is -0.145. The lowest BCUT2D eigenvalue weighted by Crippen LogP contribution is -2.56.